The Labute approximate surface area is 97.2 Å². The molecule has 1 nitrogen and oxygen atoms in total. The lowest BCUT2D eigenvalue weighted by atomic mass is 9.91. The Morgan fingerprint density at radius 2 is 1.94 bits per heavy atom. The fourth-order valence-corrected chi connectivity index (χ4v) is 2.00. The summed E-state index contributed by atoms with van der Waals surface area (Å²) < 4.78 is 0. The minimum Gasteiger partial charge on any atom is -0.299 e. The van der Waals surface area contributed by atoms with Gasteiger partial charge in [-0.3, -0.25) is 4.79 Å². The van der Waals surface area contributed by atoms with E-state index < -0.39 is 0 Å². The number of carbonyl (C=O) groups excluding carboxylic acids is 1. The number of allylic oxidation sites excluding steroid dienone is 2. The highest BCUT2D eigenvalue weighted by Crippen LogP contribution is 2.24. The van der Waals surface area contributed by atoms with Crippen LogP contribution in [0.4, 0.5) is 0 Å². The Kier molecular flexibility index (Phi) is 3.55. The SMILES string of the molecule is CCC(CC(=O)C1C=C1)Cc1ccccc1. The third kappa shape index (κ3) is 3.06. The van der Waals surface area contributed by atoms with Gasteiger partial charge in [0.25, 0.3) is 0 Å². The van der Waals surface area contributed by atoms with E-state index in [1.54, 1.807) is 0 Å². The molecule has 1 aromatic rings. The summed E-state index contributed by atoms with van der Waals surface area (Å²) in [6, 6.07) is 10.4. The van der Waals surface area contributed by atoms with E-state index in [0.717, 1.165) is 19.3 Å². The van der Waals surface area contributed by atoms with Crippen LogP contribution < -0.4 is 0 Å². The molecule has 0 aliphatic heterocycles. The Morgan fingerprint density at radius 3 is 2.50 bits per heavy atom. The molecule has 0 saturated carbocycles. The maximum Gasteiger partial charge on any atom is 0.143 e. The highest BCUT2D eigenvalue weighted by atomic mass is 16.1. The molecule has 0 spiro atoms. The number of benzene rings is 1. The van der Waals surface area contributed by atoms with Crippen LogP contribution in [0.3, 0.4) is 0 Å². The summed E-state index contributed by atoms with van der Waals surface area (Å²) in [4.78, 5) is 11.7. The fraction of sp³-hybridized carbons (Fsp3) is 0.400. The summed E-state index contributed by atoms with van der Waals surface area (Å²) in [6.07, 6.45) is 6.79. The van der Waals surface area contributed by atoms with Crippen molar-refractivity contribution in [1.29, 1.82) is 0 Å². The van der Waals surface area contributed by atoms with E-state index in [1.807, 2.05) is 18.2 Å². The predicted octanol–water partition coefficient (Wildman–Crippen LogP) is 3.40. The second-order valence-corrected chi connectivity index (χ2v) is 4.55. The largest absolute Gasteiger partial charge is 0.299 e. The van der Waals surface area contributed by atoms with Gasteiger partial charge < -0.3 is 0 Å². The van der Waals surface area contributed by atoms with E-state index in [0.29, 0.717) is 11.7 Å². The summed E-state index contributed by atoms with van der Waals surface area (Å²) in [5, 5.41) is 0. The van der Waals surface area contributed by atoms with Gasteiger partial charge in [-0.25, -0.2) is 0 Å². The highest BCUT2D eigenvalue weighted by molar-refractivity contribution is 5.88. The molecule has 1 aliphatic carbocycles. The smallest absolute Gasteiger partial charge is 0.143 e. The van der Waals surface area contributed by atoms with Crippen LogP contribution in [0.1, 0.15) is 25.3 Å². The molecule has 0 fully saturated rings. The van der Waals surface area contributed by atoms with Crippen LogP contribution >= 0.6 is 0 Å². The van der Waals surface area contributed by atoms with Crippen molar-refractivity contribution in [3.63, 3.8) is 0 Å². The second-order valence-electron chi connectivity index (χ2n) is 4.55. The predicted molar refractivity (Wildman–Crippen MR) is 66.2 cm³/mol. The zero-order valence-electron chi connectivity index (χ0n) is 9.73. The van der Waals surface area contributed by atoms with Gasteiger partial charge in [0.15, 0.2) is 0 Å². The molecule has 0 amide bonds. The zero-order chi connectivity index (χ0) is 11.4. The van der Waals surface area contributed by atoms with Gasteiger partial charge in [-0.05, 0) is 17.9 Å². The lowest BCUT2D eigenvalue weighted by molar-refractivity contribution is -0.120. The minimum absolute atomic E-state index is 0.171. The van der Waals surface area contributed by atoms with E-state index in [1.165, 1.54) is 5.56 Å². The van der Waals surface area contributed by atoms with Crippen LogP contribution in [-0.2, 0) is 11.2 Å². The average Bonchev–Trinajstić information content (AvgIpc) is 3.13. The topological polar surface area (TPSA) is 17.1 Å². The third-order valence-electron chi connectivity index (χ3n) is 3.19. The number of rotatable bonds is 6. The molecule has 1 aliphatic rings. The standard InChI is InChI=1S/C15H18O/c1-2-12(11-15(16)14-8-9-14)10-13-6-4-3-5-7-13/h3-9,12,14H,2,10-11H2,1H3. The monoisotopic (exact) mass is 214 g/mol. The van der Waals surface area contributed by atoms with Gasteiger partial charge in [0.1, 0.15) is 5.78 Å². The highest BCUT2D eigenvalue weighted by Gasteiger charge is 2.23. The number of ketones is 1. The summed E-state index contributed by atoms with van der Waals surface area (Å²) in [7, 11) is 0. The van der Waals surface area contributed by atoms with Crippen LogP contribution in [0.2, 0.25) is 0 Å². The van der Waals surface area contributed by atoms with Crippen molar-refractivity contribution in [3.05, 3.63) is 48.0 Å². The molecular weight excluding hydrogens is 196 g/mol. The maximum absolute atomic E-state index is 11.7. The number of carbonyl (C=O) groups is 1. The molecule has 0 heterocycles. The summed E-state index contributed by atoms with van der Waals surface area (Å²) >= 11 is 0. The van der Waals surface area contributed by atoms with Gasteiger partial charge >= 0.3 is 0 Å². The normalized spacial score (nSPS) is 16.1. The molecular formula is C15H18O. The van der Waals surface area contributed by atoms with Crippen LogP contribution in [0.15, 0.2) is 42.5 Å². The first-order chi connectivity index (χ1) is 7.79. The molecule has 2 rings (SSSR count). The van der Waals surface area contributed by atoms with Crippen molar-refractivity contribution < 1.29 is 4.79 Å². The fourth-order valence-electron chi connectivity index (χ4n) is 2.00. The molecule has 1 unspecified atom stereocenters. The van der Waals surface area contributed by atoms with Gasteiger partial charge in [0, 0.05) is 6.42 Å². The van der Waals surface area contributed by atoms with Gasteiger partial charge in [-0.15, -0.1) is 0 Å². The van der Waals surface area contributed by atoms with Crippen molar-refractivity contribution in [1.82, 2.24) is 0 Å². The van der Waals surface area contributed by atoms with E-state index in [9.17, 15) is 4.79 Å². The van der Waals surface area contributed by atoms with Gasteiger partial charge in [-0.1, -0.05) is 55.8 Å². The molecule has 0 radical (unpaired) electrons. The van der Waals surface area contributed by atoms with Crippen LogP contribution in [0.5, 0.6) is 0 Å². The molecule has 0 bridgehead atoms. The van der Waals surface area contributed by atoms with Gasteiger partial charge in [0.2, 0.25) is 0 Å². The molecule has 0 saturated heterocycles. The lowest BCUT2D eigenvalue weighted by Gasteiger charge is -2.13. The third-order valence-corrected chi connectivity index (χ3v) is 3.19. The van der Waals surface area contributed by atoms with Crippen molar-refractivity contribution in [2.45, 2.75) is 26.2 Å². The van der Waals surface area contributed by atoms with Crippen molar-refractivity contribution in [2.75, 3.05) is 0 Å². The van der Waals surface area contributed by atoms with Gasteiger partial charge in [-0.2, -0.15) is 0 Å². The molecule has 1 aromatic carbocycles. The van der Waals surface area contributed by atoms with Crippen molar-refractivity contribution in [3.8, 4) is 0 Å². The summed E-state index contributed by atoms with van der Waals surface area (Å²) in [6.45, 7) is 2.17. The Hall–Kier alpha value is -1.37. The van der Waals surface area contributed by atoms with Gasteiger partial charge in [0.05, 0.1) is 5.92 Å². The average molecular weight is 214 g/mol. The Bertz CT molecular complexity index is 372. The second kappa shape index (κ2) is 5.11. The number of Topliss-reactive ketones (excluding diaryl/α,β-unsaturated/α-hetero) is 1. The first-order valence-electron chi connectivity index (χ1n) is 6.04. The number of hydrogen-bond acceptors (Lipinski definition) is 1. The van der Waals surface area contributed by atoms with Crippen molar-refractivity contribution >= 4 is 5.78 Å². The maximum atomic E-state index is 11.7. The Balaban J connectivity index is 1.87. The van der Waals surface area contributed by atoms with Crippen LogP contribution in [0, 0.1) is 11.8 Å². The zero-order valence-corrected chi connectivity index (χ0v) is 9.73. The van der Waals surface area contributed by atoms with Crippen LogP contribution in [0.25, 0.3) is 0 Å². The molecule has 1 atom stereocenters. The van der Waals surface area contributed by atoms with E-state index >= 15 is 0 Å². The quantitative estimate of drug-likeness (QED) is 0.663. The Morgan fingerprint density at radius 1 is 1.25 bits per heavy atom. The van der Waals surface area contributed by atoms with E-state index in [4.69, 9.17) is 0 Å². The molecule has 16 heavy (non-hydrogen) atoms. The first kappa shape index (κ1) is 11.1. The molecule has 1 heteroatoms. The molecule has 0 aromatic heterocycles. The summed E-state index contributed by atoms with van der Waals surface area (Å²) in [5.74, 6) is 1.06. The van der Waals surface area contributed by atoms with Crippen molar-refractivity contribution in [2.24, 2.45) is 11.8 Å². The van der Waals surface area contributed by atoms with Crippen LogP contribution in [-0.4, -0.2) is 5.78 Å². The first-order valence-corrected chi connectivity index (χ1v) is 6.04. The lowest BCUT2D eigenvalue weighted by Crippen LogP contribution is -2.12. The number of hydrogen-bond donors (Lipinski definition) is 0. The summed E-state index contributed by atoms with van der Waals surface area (Å²) in [5.41, 5.74) is 1.34. The molecule has 0 N–H and O–H groups in total. The van der Waals surface area contributed by atoms with E-state index in [-0.39, 0.29) is 5.92 Å². The van der Waals surface area contributed by atoms with E-state index in [2.05, 4.69) is 31.2 Å². The molecule has 84 valence electrons. The minimum atomic E-state index is 0.171.